The molecule has 2 heterocycles. The van der Waals surface area contributed by atoms with Gasteiger partial charge in [0.05, 0.1) is 5.69 Å². The van der Waals surface area contributed by atoms with E-state index in [1.54, 1.807) is 30.3 Å². The van der Waals surface area contributed by atoms with Crippen molar-refractivity contribution in [2.24, 2.45) is 0 Å². The van der Waals surface area contributed by atoms with Gasteiger partial charge in [-0.15, -0.1) is 0 Å². The van der Waals surface area contributed by atoms with E-state index in [2.05, 4.69) is 5.32 Å². The second-order valence-corrected chi connectivity index (χ2v) is 6.93. The summed E-state index contributed by atoms with van der Waals surface area (Å²) in [5.41, 5.74) is 4.01. The van der Waals surface area contributed by atoms with Crippen molar-refractivity contribution in [1.29, 1.82) is 0 Å². The van der Waals surface area contributed by atoms with Crippen molar-refractivity contribution in [3.8, 4) is 5.69 Å². The van der Waals surface area contributed by atoms with Crippen LogP contribution in [0.5, 0.6) is 0 Å². The van der Waals surface area contributed by atoms with E-state index < -0.39 is 17.8 Å². The van der Waals surface area contributed by atoms with Gasteiger partial charge >= 0.3 is 6.03 Å². The molecular weight excluding hydrogens is 366 g/mol. The second kappa shape index (κ2) is 7.24. The van der Waals surface area contributed by atoms with Crippen LogP contribution < -0.4 is 10.2 Å². The largest absolute Gasteiger partial charge is 0.335 e. The van der Waals surface area contributed by atoms with Crippen LogP contribution in [-0.4, -0.2) is 22.4 Å². The number of hydrogen-bond acceptors (Lipinski definition) is 3. The van der Waals surface area contributed by atoms with Crippen LogP contribution in [0.2, 0.25) is 0 Å². The van der Waals surface area contributed by atoms with E-state index in [4.69, 9.17) is 0 Å². The predicted molar refractivity (Wildman–Crippen MR) is 111 cm³/mol. The average Bonchev–Trinajstić information content (AvgIpc) is 3.15. The molecule has 1 N–H and O–H groups in total. The van der Waals surface area contributed by atoms with Crippen molar-refractivity contribution >= 4 is 29.6 Å². The number of rotatable bonds is 3. The van der Waals surface area contributed by atoms with E-state index >= 15 is 0 Å². The summed E-state index contributed by atoms with van der Waals surface area (Å²) in [6.07, 6.45) is 3.36. The standard InChI is InChI=1S/C23H19N3O3/c1-15-5-9-17(10-6-15)25-13-3-4-19(25)14-20-21(27)24-23(29)26(22(20)28)18-11-7-16(2)8-12-18/h3-14H,1-2H3,(H,24,27,29)/b20-14+. The number of amides is 4. The molecule has 144 valence electrons. The van der Waals surface area contributed by atoms with E-state index in [1.165, 1.54) is 6.08 Å². The van der Waals surface area contributed by atoms with Crippen LogP contribution in [-0.2, 0) is 9.59 Å². The number of barbiturate groups is 1. The van der Waals surface area contributed by atoms with Crippen molar-refractivity contribution in [3.63, 3.8) is 0 Å². The van der Waals surface area contributed by atoms with Crippen LogP contribution >= 0.6 is 0 Å². The number of urea groups is 1. The van der Waals surface area contributed by atoms with E-state index in [0.29, 0.717) is 11.4 Å². The Morgan fingerprint density at radius 2 is 1.38 bits per heavy atom. The molecule has 6 nitrogen and oxygen atoms in total. The highest BCUT2D eigenvalue weighted by Crippen LogP contribution is 2.23. The van der Waals surface area contributed by atoms with Gasteiger partial charge in [0.2, 0.25) is 0 Å². The van der Waals surface area contributed by atoms with Crippen LogP contribution in [0.15, 0.2) is 72.4 Å². The first-order chi connectivity index (χ1) is 13.9. The smallest absolute Gasteiger partial charge is 0.317 e. The molecule has 29 heavy (non-hydrogen) atoms. The number of imide groups is 2. The molecule has 0 radical (unpaired) electrons. The van der Waals surface area contributed by atoms with E-state index in [9.17, 15) is 14.4 Å². The highest BCUT2D eigenvalue weighted by atomic mass is 16.2. The van der Waals surface area contributed by atoms with Gasteiger partial charge in [0.25, 0.3) is 11.8 Å². The van der Waals surface area contributed by atoms with Gasteiger partial charge in [-0.25, -0.2) is 9.69 Å². The van der Waals surface area contributed by atoms with Gasteiger partial charge < -0.3 is 4.57 Å². The summed E-state index contributed by atoms with van der Waals surface area (Å²) in [7, 11) is 0. The Kier molecular flexibility index (Phi) is 4.60. The molecule has 1 saturated heterocycles. The third-order valence-corrected chi connectivity index (χ3v) is 4.78. The van der Waals surface area contributed by atoms with Gasteiger partial charge in [-0.1, -0.05) is 35.4 Å². The molecule has 1 fully saturated rings. The Balaban J connectivity index is 1.73. The first-order valence-electron chi connectivity index (χ1n) is 9.16. The monoisotopic (exact) mass is 385 g/mol. The number of carbonyl (C=O) groups is 3. The molecule has 0 aliphatic carbocycles. The number of anilines is 1. The fourth-order valence-corrected chi connectivity index (χ4v) is 3.19. The summed E-state index contributed by atoms with van der Waals surface area (Å²) in [5.74, 6) is -1.36. The average molecular weight is 385 g/mol. The van der Waals surface area contributed by atoms with Crippen molar-refractivity contribution in [3.05, 3.63) is 89.3 Å². The minimum Gasteiger partial charge on any atom is -0.317 e. The van der Waals surface area contributed by atoms with Crippen LogP contribution in [0.3, 0.4) is 0 Å². The summed E-state index contributed by atoms with van der Waals surface area (Å²) >= 11 is 0. The Labute approximate surface area is 168 Å². The van der Waals surface area contributed by atoms with E-state index in [1.807, 2.05) is 54.9 Å². The minimum absolute atomic E-state index is 0.0998. The zero-order chi connectivity index (χ0) is 20.5. The SMILES string of the molecule is Cc1ccc(N2C(=O)NC(=O)/C(=C\c3cccn3-c3ccc(C)cc3)C2=O)cc1. The summed E-state index contributed by atoms with van der Waals surface area (Å²) in [6, 6.07) is 17.7. The molecule has 4 amide bonds. The number of benzene rings is 2. The highest BCUT2D eigenvalue weighted by Gasteiger charge is 2.36. The van der Waals surface area contributed by atoms with Gasteiger partial charge in [-0.05, 0) is 56.3 Å². The summed E-state index contributed by atoms with van der Waals surface area (Å²) in [5, 5.41) is 2.25. The van der Waals surface area contributed by atoms with Gasteiger partial charge in [0.1, 0.15) is 5.57 Å². The van der Waals surface area contributed by atoms with Gasteiger partial charge in [-0.2, -0.15) is 0 Å². The number of nitrogens with one attached hydrogen (secondary N) is 1. The highest BCUT2D eigenvalue weighted by molar-refractivity contribution is 6.39. The normalized spacial score (nSPS) is 15.7. The summed E-state index contributed by atoms with van der Waals surface area (Å²) in [4.78, 5) is 38.7. The van der Waals surface area contributed by atoms with Gasteiger partial charge in [0.15, 0.2) is 0 Å². The maximum Gasteiger partial charge on any atom is 0.335 e. The zero-order valence-electron chi connectivity index (χ0n) is 16.0. The van der Waals surface area contributed by atoms with E-state index in [0.717, 1.165) is 21.7 Å². The third-order valence-electron chi connectivity index (χ3n) is 4.78. The first-order valence-corrected chi connectivity index (χ1v) is 9.16. The fraction of sp³-hybridized carbons (Fsp3) is 0.0870. The minimum atomic E-state index is -0.755. The fourth-order valence-electron chi connectivity index (χ4n) is 3.19. The molecule has 0 spiro atoms. The molecule has 0 saturated carbocycles. The first kappa shape index (κ1) is 18.4. The third kappa shape index (κ3) is 3.48. The second-order valence-electron chi connectivity index (χ2n) is 6.93. The molecule has 1 aromatic heterocycles. The lowest BCUT2D eigenvalue weighted by Gasteiger charge is -2.26. The lowest BCUT2D eigenvalue weighted by molar-refractivity contribution is -0.122. The van der Waals surface area contributed by atoms with Crippen LogP contribution in [0.4, 0.5) is 10.5 Å². The maximum absolute atomic E-state index is 13.0. The Morgan fingerprint density at radius 3 is 2.00 bits per heavy atom. The van der Waals surface area contributed by atoms with Crippen molar-refractivity contribution < 1.29 is 14.4 Å². The molecular formula is C23H19N3O3. The van der Waals surface area contributed by atoms with Gasteiger partial charge in [0, 0.05) is 17.6 Å². The lowest BCUT2D eigenvalue weighted by atomic mass is 10.1. The topological polar surface area (TPSA) is 71.4 Å². The van der Waals surface area contributed by atoms with E-state index in [-0.39, 0.29) is 5.57 Å². The van der Waals surface area contributed by atoms with Crippen LogP contribution in [0.1, 0.15) is 16.8 Å². The number of nitrogens with zero attached hydrogens (tertiary/aromatic N) is 2. The quantitative estimate of drug-likeness (QED) is 0.551. The number of carbonyl (C=O) groups excluding carboxylic acids is 3. The summed E-state index contributed by atoms with van der Waals surface area (Å²) < 4.78 is 1.87. The predicted octanol–water partition coefficient (Wildman–Crippen LogP) is 3.76. The van der Waals surface area contributed by atoms with Crippen molar-refractivity contribution in [1.82, 2.24) is 9.88 Å². The van der Waals surface area contributed by atoms with Crippen LogP contribution in [0, 0.1) is 13.8 Å². The lowest BCUT2D eigenvalue weighted by Crippen LogP contribution is -2.54. The maximum atomic E-state index is 13.0. The molecule has 6 heteroatoms. The molecule has 3 aromatic rings. The van der Waals surface area contributed by atoms with Crippen LogP contribution in [0.25, 0.3) is 11.8 Å². The Morgan fingerprint density at radius 1 is 0.793 bits per heavy atom. The molecule has 1 aliphatic heterocycles. The molecule has 2 aromatic carbocycles. The number of hydrogen-bond donors (Lipinski definition) is 1. The number of aryl methyl sites for hydroxylation is 2. The molecule has 1 aliphatic rings. The van der Waals surface area contributed by atoms with Crippen molar-refractivity contribution in [2.75, 3.05) is 4.90 Å². The molecule has 0 bridgehead atoms. The van der Waals surface area contributed by atoms with Crippen molar-refractivity contribution in [2.45, 2.75) is 13.8 Å². The van der Waals surface area contributed by atoms with Gasteiger partial charge in [-0.3, -0.25) is 14.9 Å². The zero-order valence-corrected chi connectivity index (χ0v) is 16.0. The molecule has 4 rings (SSSR count). The Hall–Kier alpha value is -3.93. The molecule has 0 atom stereocenters. The number of aromatic nitrogens is 1. The summed E-state index contributed by atoms with van der Waals surface area (Å²) in [6.45, 7) is 3.92. The Bertz CT molecular complexity index is 1140. The molecule has 0 unspecified atom stereocenters.